The van der Waals surface area contributed by atoms with Crippen LogP contribution in [0.4, 0.5) is 0 Å². The number of benzene rings is 2. The Balaban J connectivity index is 1.50. The molecule has 0 unspecified atom stereocenters. The second-order valence-corrected chi connectivity index (χ2v) is 11.1. The highest BCUT2D eigenvalue weighted by Crippen LogP contribution is 2.33. The third-order valence-electron chi connectivity index (χ3n) is 5.64. The molecular weight excluding hydrogens is 514 g/mol. The largest absolute Gasteiger partial charge is 0.379 e. The molecule has 2 aromatic carbocycles. The van der Waals surface area contributed by atoms with Crippen LogP contribution in [0.2, 0.25) is 5.02 Å². The Bertz CT molecular complexity index is 1400. The highest BCUT2D eigenvalue weighted by Gasteiger charge is 2.17. The molecule has 1 amide bonds. The molecule has 9 heteroatoms. The number of thioether (sulfide) groups is 1. The van der Waals surface area contributed by atoms with Crippen LogP contribution in [0.5, 0.6) is 0 Å². The number of hydrogen-bond acceptors (Lipinski definition) is 6. The predicted molar refractivity (Wildman–Crippen MR) is 150 cm³/mol. The number of fused-ring (bicyclic) bond motifs is 3. The molecule has 2 heterocycles. The van der Waals surface area contributed by atoms with Crippen molar-refractivity contribution in [3.05, 3.63) is 69.5 Å². The Morgan fingerprint density at radius 3 is 2.75 bits per heavy atom. The molecule has 0 saturated carbocycles. The monoisotopic (exact) mass is 543 g/mol. The summed E-state index contributed by atoms with van der Waals surface area (Å²) >= 11 is 9.32. The van der Waals surface area contributed by atoms with Crippen molar-refractivity contribution in [1.82, 2.24) is 14.9 Å². The van der Waals surface area contributed by atoms with E-state index in [1.165, 1.54) is 23.1 Å². The molecule has 4 aromatic rings. The summed E-state index contributed by atoms with van der Waals surface area (Å²) in [5, 5.41) is 5.25. The molecule has 0 saturated heterocycles. The Kier molecular flexibility index (Phi) is 9.42. The van der Waals surface area contributed by atoms with E-state index in [4.69, 9.17) is 21.3 Å². The molecule has 6 nitrogen and oxygen atoms in total. The predicted octanol–water partition coefficient (Wildman–Crippen LogP) is 6.27. The summed E-state index contributed by atoms with van der Waals surface area (Å²) < 4.78 is 8.90. The molecule has 190 valence electrons. The standard InChI is InChI=1S/C27H30ClN3O3S2/c1-18(2)34-16-8-14-29-23(32)13-7-15-31-26(33)25-24(20-10-4-6-12-22(20)36-25)30-27(31)35-17-19-9-3-5-11-21(19)28/h3-6,9-12,18H,7-8,13-17H2,1-2H3,(H,29,32). The molecule has 2 aromatic heterocycles. The van der Waals surface area contributed by atoms with Crippen LogP contribution in [0, 0.1) is 0 Å². The van der Waals surface area contributed by atoms with Gasteiger partial charge in [0.2, 0.25) is 5.91 Å². The van der Waals surface area contributed by atoms with E-state index in [9.17, 15) is 9.59 Å². The molecular formula is C27H30ClN3O3S2. The molecule has 4 rings (SSSR count). The smallest absolute Gasteiger partial charge is 0.272 e. The number of carbonyl (C=O) groups excluding carboxylic acids is 1. The molecule has 0 bridgehead atoms. The second-order valence-electron chi connectivity index (χ2n) is 8.73. The third kappa shape index (κ3) is 6.68. The number of halogens is 1. The van der Waals surface area contributed by atoms with E-state index in [0.29, 0.717) is 53.2 Å². The fourth-order valence-corrected chi connectivity index (χ4v) is 6.22. The van der Waals surface area contributed by atoms with E-state index in [2.05, 4.69) is 5.32 Å². The Morgan fingerprint density at radius 2 is 1.94 bits per heavy atom. The maximum absolute atomic E-state index is 13.6. The highest BCUT2D eigenvalue weighted by atomic mass is 35.5. The Morgan fingerprint density at radius 1 is 1.17 bits per heavy atom. The van der Waals surface area contributed by atoms with E-state index >= 15 is 0 Å². The van der Waals surface area contributed by atoms with Gasteiger partial charge in [-0.05, 0) is 44.4 Å². The summed E-state index contributed by atoms with van der Waals surface area (Å²) in [4.78, 5) is 30.8. The number of nitrogens with one attached hydrogen (secondary N) is 1. The van der Waals surface area contributed by atoms with Gasteiger partial charge in [-0.3, -0.25) is 14.2 Å². The average Bonchev–Trinajstić information content (AvgIpc) is 3.23. The van der Waals surface area contributed by atoms with Crippen molar-refractivity contribution < 1.29 is 9.53 Å². The van der Waals surface area contributed by atoms with Gasteiger partial charge < -0.3 is 10.1 Å². The topological polar surface area (TPSA) is 73.2 Å². The number of ether oxygens (including phenoxy) is 1. The van der Waals surface area contributed by atoms with Gasteiger partial charge in [0.1, 0.15) is 4.70 Å². The van der Waals surface area contributed by atoms with Gasteiger partial charge in [0.05, 0.1) is 11.6 Å². The van der Waals surface area contributed by atoms with Crippen LogP contribution in [0.3, 0.4) is 0 Å². The summed E-state index contributed by atoms with van der Waals surface area (Å²) in [6.45, 7) is 5.61. The van der Waals surface area contributed by atoms with E-state index < -0.39 is 0 Å². The highest BCUT2D eigenvalue weighted by molar-refractivity contribution is 7.98. The average molecular weight is 544 g/mol. The maximum Gasteiger partial charge on any atom is 0.272 e. The summed E-state index contributed by atoms with van der Waals surface area (Å²) in [5.74, 6) is 0.576. The fraction of sp³-hybridized carbons (Fsp3) is 0.370. The number of hydrogen-bond donors (Lipinski definition) is 1. The summed E-state index contributed by atoms with van der Waals surface area (Å²) in [6, 6.07) is 15.6. The zero-order valence-electron chi connectivity index (χ0n) is 20.5. The van der Waals surface area contributed by atoms with Gasteiger partial charge in [-0.2, -0.15) is 0 Å². The number of nitrogens with zero attached hydrogens (tertiary/aromatic N) is 2. The lowest BCUT2D eigenvalue weighted by molar-refractivity contribution is -0.121. The number of amides is 1. The van der Waals surface area contributed by atoms with Crippen molar-refractivity contribution >= 4 is 60.9 Å². The lowest BCUT2D eigenvalue weighted by atomic mass is 10.2. The zero-order chi connectivity index (χ0) is 25.5. The molecule has 0 aliphatic carbocycles. The van der Waals surface area contributed by atoms with E-state index in [1.807, 2.05) is 62.4 Å². The van der Waals surface area contributed by atoms with Gasteiger partial charge in [-0.25, -0.2) is 4.98 Å². The van der Waals surface area contributed by atoms with Crippen molar-refractivity contribution in [1.29, 1.82) is 0 Å². The SMILES string of the molecule is CC(C)OCCCNC(=O)CCCn1c(SCc2ccccc2Cl)nc2c(sc3ccccc32)c1=O. The number of aromatic nitrogens is 2. The molecule has 0 aliphatic heterocycles. The minimum atomic E-state index is -0.0610. The number of thiophene rings is 1. The van der Waals surface area contributed by atoms with Gasteiger partial charge in [0.15, 0.2) is 5.16 Å². The van der Waals surface area contributed by atoms with Crippen LogP contribution in [0.15, 0.2) is 58.5 Å². The van der Waals surface area contributed by atoms with Crippen molar-refractivity contribution in [2.24, 2.45) is 0 Å². The lowest BCUT2D eigenvalue weighted by Gasteiger charge is -2.13. The normalized spacial score (nSPS) is 11.6. The quantitative estimate of drug-likeness (QED) is 0.129. The number of rotatable bonds is 12. The summed E-state index contributed by atoms with van der Waals surface area (Å²) in [6.07, 6.45) is 1.86. The summed E-state index contributed by atoms with van der Waals surface area (Å²) in [5.41, 5.74) is 1.66. The van der Waals surface area contributed by atoms with E-state index in [1.54, 1.807) is 4.57 Å². The van der Waals surface area contributed by atoms with Crippen molar-refractivity contribution in [2.75, 3.05) is 13.2 Å². The van der Waals surface area contributed by atoms with Crippen LogP contribution < -0.4 is 10.9 Å². The first-order valence-corrected chi connectivity index (χ1v) is 14.3. The molecule has 0 aliphatic rings. The Labute approximate surface area is 224 Å². The van der Waals surface area contributed by atoms with Gasteiger partial charge in [0.25, 0.3) is 5.56 Å². The molecule has 0 atom stereocenters. The lowest BCUT2D eigenvalue weighted by Crippen LogP contribution is -2.27. The second kappa shape index (κ2) is 12.7. The van der Waals surface area contributed by atoms with Crippen LogP contribution >= 0.6 is 34.7 Å². The zero-order valence-corrected chi connectivity index (χ0v) is 22.8. The summed E-state index contributed by atoms with van der Waals surface area (Å²) in [7, 11) is 0. The van der Waals surface area contributed by atoms with Gasteiger partial charge in [0, 0.05) is 47.0 Å². The van der Waals surface area contributed by atoms with Gasteiger partial charge >= 0.3 is 0 Å². The molecule has 0 radical (unpaired) electrons. The van der Waals surface area contributed by atoms with Gasteiger partial charge in [-0.15, -0.1) is 11.3 Å². The van der Waals surface area contributed by atoms with Crippen LogP contribution in [0.25, 0.3) is 20.3 Å². The minimum Gasteiger partial charge on any atom is -0.379 e. The first-order chi connectivity index (χ1) is 17.4. The van der Waals surface area contributed by atoms with Crippen LogP contribution in [0.1, 0.15) is 38.7 Å². The molecule has 0 spiro atoms. The molecule has 36 heavy (non-hydrogen) atoms. The molecule has 1 N–H and O–H groups in total. The van der Waals surface area contributed by atoms with Crippen molar-refractivity contribution in [2.45, 2.75) is 56.7 Å². The first-order valence-electron chi connectivity index (χ1n) is 12.1. The third-order valence-corrected chi connectivity index (χ3v) is 8.18. The maximum atomic E-state index is 13.6. The van der Waals surface area contributed by atoms with Crippen LogP contribution in [-0.4, -0.2) is 34.7 Å². The van der Waals surface area contributed by atoms with E-state index in [0.717, 1.165) is 27.6 Å². The van der Waals surface area contributed by atoms with Crippen LogP contribution in [-0.2, 0) is 21.8 Å². The van der Waals surface area contributed by atoms with Crippen molar-refractivity contribution in [3.63, 3.8) is 0 Å². The number of carbonyl (C=O) groups is 1. The fourth-order valence-electron chi connectivity index (χ4n) is 3.82. The molecule has 0 fully saturated rings. The van der Waals surface area contributed by atoms with Crippen molar-refractivity contribution in [3.8, 4) is 0 Å². The van der Waals surface area contributed by atoms with Gasteiger partial charge in [-0.1, -0.05) is 59.8 Å². The first kappa shape index (κ1) is 26.7. The Hall–Kier alpha value is -2.39. The van der Waals surface area contributed by atoms with E-state index in [-0.39, 0.29) is 17.6 Å². The minimum absolute atomic E-state index is 0.0197.